The van der Waals surface area contributed by atoms with Gasteiger partial charge in [0.1, 0.15) is 42.2 Å². The van der Waals surface area contributed by atoms with Crippen molar-refractivity contribution >= 4 is 35.1 Å². The van der Waals surface area contributed by atoms with Gasteiger partial charge in [-0.05, 0) is 26.2 Å². The largest absolute Gasteiger partial charge is 1.00 e. The Kier molecular flexibility index (Phi) is 11.3. The van der Waals surface area contributed by atoms with E-state index < -0.39 is 51.0 Å². The van der Waals surface area contributed by atoms with Crippen molar-refractivity contribution in [3.8, 4) is 0 Å². The molecule has 0 bridgehead atoms. The number of halogens is 2. The molecule has 0 saturated heterocycles. The number of esters is 2. The maximum absolute atomic E-state index is 13.4. The molecule has 4 aromatic rings. The average Bonchev–Trinajstić information content (AvgIpc) is 3.77. The molecule has 1 unspecified atom stereocenters. The number of fused-ring (bicyclic) bond motifs is 2. The Morgan fingerprint density at radius 3 is 2.04 bits per heavy atom. The number of cyclic esters (lactones) is 2. The van der Waals surface area contributed by atoms with Gasteiger partial charge in [0.2, 0.25) is 0 Å². The first-order valence-corrected chi connectivity index (χ1v) is 12.8. The molecule has 18 nitrogen and oxygen atoms in total. The Balaban J connectivity index is 0.000000201. The molecule has 0 amide bonds. The first-order valence-electron chi connectivity index (χ1n) is 12.8. The summed E-state index contributed by atoms with van der Waals surface area (Å²) in [6.45, 7) is -0.162. The molecule has 2 aliphatic heterocycles. The van der Waals surface area contributed by atoms with Crippen LogP contribution < -0.4 is 18.9 Å². The molecule has 0 saturated carbocycles. The number of hydrogen-bond donors (Lipinski definition) is 1. The van der Waals surface area contributed by atoms with Gasteiger partial charge in [-0.15, -0.1) is 0 Å². The zero-order chi connectivity index (χ0) is 33.9. The van der Waals surface area contributed by atoms with E-state index in [1.165, 1.54) is 23.4 Å². The Morgan fingerprint density at radius 2 is 1.51 bits per heavy atom. The quantitative estimate of drug-likeness (QED) is 0.0928. The first-order chi connectivity index (χ1) is 21.7. The number of carbonyl (C=O) groups excluding carboxylic acids is 2. The van der Waals surface area contributed by atoms with E-state index in [2.05, 4.69) is 24.9 Å². The topological polar surface area (TPSA) is 224 Å². The van der Waals surface area contributed by atoms with E-state index in [9.17, 15) is 43.7 Å². The van der Waals surface area contributed by atoms with Gasteiger partial charge in [-0.1, -0.05) is 0 Å². The standard InChI is InChI=1S/C12H7FN4O4.C8H4FNO4.C6H12N4O.Li/c1-16-10(14-5-15-16)4-9-11-7(12(18)21-9)2-6(13)3-8(11)17(19)20;9-4-1-5-6(3-14-8(5)11)7(2-4)10(12)13;1-9(2)6(11)5-7-4-8-10(5)3;/h2-5H,1H3;1-2H,3H2;4,6,11H,1-3H3;/q;;;+1/b9-4-;;;. The van der Waals surface area contributed by atoms with Crippen LogP contribution in [0.1, 0.15) is 49.7 Å². The molecule has 0 fully saturated rings. The van der Waals surface area contributed by atoms with E-state index in [1.807, 2.05) is 0 Å². The molecule has 2 aromatic carbocycles. The fourth-order valence-corrected chi connectivity index (χ4v) is 4.12. The minimum atomic E-state index is -0.877. The first kappa shape index (κ1) is 36.0. The molecule has 2 aliphatic rings. The minimum Gasteiger partial charge on any atom is -0.457 e. The normalized spacial score (nSPS) is 14.1. The summed E-state index contributed by atoms with van der Waals surface area (Å²) in [4.78, 5) is 52.2. The summed E-state index contributed by atoms with van der Waals surface area (Å²) in [5, 5.41) is 38.7. The number of nitrogens with zero attached hydrogens (tertiary/aromatic N) is 9. The van der Waals surface area contributed by atoms with Gasteiger partial charge >= 0.3 is 30.8 Å². The summed E-state index contributed by atoms with van der Waals surface area (Å²) in [5.74, 6) is -2.42. The van der Waals surface area contributed by atoms with Crippen LogP contribution in [-0.2, 0) is 30.2 Å². The Bertz CT molecular complexity index is 1890. The van der Waals surface area contributed by atoms with E-state index in [0.717, 1.165) is 24.3 Å². The van der Waals surface area contributed by atoms with Crippen LogP contribution in [0.15, 0.2) is 36.9 Å². The van der Waals surface area contributed by atoms with Crippen LogP contribution in [0.5, 0.6) is 0 Å². The van der Waals surface area contributed by atoms with Gasteiger partial charge in [-0.25, -0.2) is 37.7 Å². The maximum Gasteiger partial charge on any atom is 1.00 e. The number of aryl methyl sites for hydroxylation is 2. The summed E-state index contributed by atoms with van der Waals surface area (Å²) in [7, 11) is 6.91. The third-order valence-corrected chi connectivity index (χ3v) is 6.38. The van der Waals surface area contributed by atoms with Gasteiger partial charge in [0.25, 0.3) is 11.4 Å². The van der Waals surface area contributed by atoms with Crippen LogP contribution in [0, 0.1) is 31.9 Å². The molecule has 1 atom stereocenters. The van der Waals surface area contributed by atoms with E-state index in [4.69, 9.17) is 4.74 Å². The third-order valence-electron chi connectivity index (χ3n) is 6.38. The summed E-state index contributed by atoms with van der Waals surface area (Å²) < 4.78 is 38.7. The van der Waals surface area contributed by atoms with E-state index in [1.54, 1.807) is 37.8 Å². The van der Waals surface area contributed by atoms with Crippen LogP contribution >= 0.6 is 0 Å². The molecular formula is C26H23F2LiN9O9+. The monoisotopic (exact) mass is 650 g/mol. The van der Waals surface area contributed by atoms with E-state index >= 15 is 0 Å². The SMILES string of the molecule is CN(C)C(O)c1ncnn1C.Cn1ncnc1/C=C1\OC(=O)c2cc(F)cc([N+](=O)[O-])c21.O=C1OCc2c1cc(F)cc2[N+](=O)[O-].[Li+]. The predicted octanol–water partition coefficient (Wildman–Crippen LogP) is -0.693. The Labute approximate surface area is 274 Å². The Morgan fingerprint density at radius 1 is 0.936 bits per heavy atom. The summed E-state index contributed by atoms with van der Waals surface area (Å²) in [6, 6.07) is 3.37. The number of ether oxygens (including phenoxy) is 2. The number of aliphatic hydroxyl groups is 1. The molecule has 1 N–H and O–H groups in total. The molecule has 0 spiro atoms. The van der Waals surface area contributed by atoms with Crippen LogP contribution in [-0.4, -0.2) is 75.4 Å². The van der Waals surface area contributed by atoms with Crippen molar-refractivity contribution in [1.82, 2.24) is 34.4 Å². The number of nitro benzene ring substituents is 2. The van der Waals surface area contributed by atoms with Gasteiger partial charge in [0.15, 0.2) is 17.9 Å². The van der Waals surface area contributed by atoms with Crippen LogP contribution in [0.25, 0.3) is 11.8 Å². The Hall–Kier alpha value is -5.42. The summed E-state index contributed by atoms with van der Waals surface area (Å²) in [5.41, 5.74) is -1.11. The molecule has 0 aliphatic carbocycles. The van der Waals surface area contributed by atoms with Crippen molar-refractivity contribution in [1.29, 1.82) is 0 Å². The molecule has 4 heterocycles. The van der Waals surface area contributed by atoms with Crippen LogP contribution in [0.3, 0.4) is 0 Å². The number of aliphatic hydroxyl groups excluding tert-OH is 1. The number of hydrogen-bond acceptors (Lipinski definition) is 14. The van der Waals surface area contributed by atoms with Crippen molar-refractivity contribution < 1.29 is 61.7 Å². The second-order valence-electron chi connectivity index (χ2n) is 9.61. The minimum absolute atomic E-state index is 0. The van der Waals surface area contributed by atoms with Gasteiger partial charge < -0.3 is 14.6 Å². The summed E-state index contributed by atoms with van der Waals surface area (Å²) >= 11 is 0. The third kappa shape index (κ3) is 7.87. The molecule has 6 rings (SSSR count). The fourth-order valence-electron chi connectivity index (χ4n) is 4.12. The molecule has 240 valence electrons. The second-order valence-corrected chi connectivity index (χ2v) is 9.61. The van der Waals surface area contributed by atoms with Crippen molar-refractivity contribution in [2.24, 2.45) is 14.1 Å². The fraction of sp³-hybridized carbons (Fsp3) is 0.231. The second kappa shape index (κ2) is 14.8. The van der Waals surface area contributed by atoms with Crippen molar-refractivity contribution in [3.05, 3.63) is 103 Å². The summed E-state index contributed by atoms with van der Waals surface area (Å²) in [6.07, 6.45) is 3.36. The number of rotatable bonds is 5. The predicted molar refractivity (Wildman–Crippen MR) is 149 cm³/mol. The van der Waals surface area contributed by atoms with Crippen molar-refractivity contribution in [3.63, 3.8) is 0 Å². The molecule has 0 radical (unpaired) electrons. The maximum atomic E-state index is 13.4. The molecule has 2 aromatic heterocycles. The van der Waals surface area contributed by atoms with E-state index in [0.29, 0.717) is 11.6 Å². The zero-order valence-corrected chi connectivity index (χ0v) is 25.3. The number of aromatic nitrogens is 6. The van der Waals surface area contributed by atoms with Crippen LogP contribution in [0.4, 0.5) is 20.2 Å². The van der Waals surface area contributed by atoms with E-state index in [-0.39, 0.29) is 53.5 Å². The smallest absolute Gasteiger partial charge is 0.457 e. The number of carbonyl (C=O) groups is 2. The van der Waals surface area contributed by atoms with Gasteiger partial charge in [-0.2, -0.15) is 10.2 Å². The van der Waals surface area contributed by atoms with Crippen molar-refractivity contribution in [2.45, 2.75) is 12.8 Å². The molecule has 21 heteroatoms. The van der Waals surface area contributed by atoms with Crippen LogP contribution in [0.2, 0.25) is 0 Å². The molecular weight excluding hydrogens is 627 g/mol. The zero-order valence-electron chi connectivity index (χ0n) is 25.3. The average molecular weight is 650 g/mol. The molecule has 47 heavy (non-hydrogen) atoms. The number of benzene rings is 2. The van der Waals surface area contributed by atoms with Gasteiger partial charge in [0.05, 0.1) is 38.7 Å². The van der Waals surface area contributed by atoms with Gasteiger partial charge in [-0.3, -0.25) is 25.1 Å². The van der Waals surface area contributed by atoms with Crippen molar-refractivity contribution in [2.75, 3.05) is 14.1 Å². The van der Waals surface area contributed by atoms with Gasteiger partial charge in [0, 0.05) is 20.2 Å². The number of nitro groups is 2.